The van der Waals surface area contributed by atoms with E-state index in [0.29, 0.717) is 37.3 Å². The van der Waals surface area contributed by atoms with E-state index >= 15 is 0 Å². The van der Waals surface area contributed by atoms with Gasteiger partial charge in [0.1, 0.15) is 0 Å². The van der Waals surface area contributed by atoms with Gasteiger partial charge >= 0.3 is 0 Å². The van der Waals surface area contributed by atoms with Crippen molar-refractivity contribution in [2.75, 3.05) is 11.1 Å². The molecule has 32 heavy (non-hydrogen) atoms. The first kappa shape index (κ1) is 24.7. The molecule has 0 bridgehead atoms. The lowest BCUT2D eigenvalue weighted by Gasteiger charge is -2.14. The molecule has 1 heterocycles. The van der Waals surface area contributed by atoms with E-state index in [9.17, 15) is 9.59 Å². The summed E-state index contributed by atoms with van der Waals surface area (Å²) in [4.78, 5) is 24.8. The van der Waals surface area contributed by atoms with Crippen molar-refractivity contribution in [2.24, 2.45) is 7.05 Å². The van der Waals surface area contributed by atoms with Crippen LogP contribution in [0.2, 0.25) is 20.1 Å². The van der Waals surface area contributed by atoms with E-state index in [1.54, 1.807) is 48.9 Å². The third kappa shape index (κ3) is 5.88. The molecule has 3 aromatic rings. The second-order valence-electron chi connectivity index (χ2n) is 6.66. The molecule has 2 N–H and O–H groups in total. The summed E-state index contributed by atoms with van der Waals surface area (Å²) < 4.78 is 1.71. The van der Waals surface area contributed by atoms with Gasteiger partial charge in [-0.05, 0) is 37.3 Å². The van der Waals surface area contributed by atoms with Gasteiger partial charge in [0.05, 0.1) is 37.6 Å². The third-order valence-corrected chi connectivity index (χ3v) is 6.92. The Bertz CT molecular complexity index is 1170. The number of hydrogen-bond acceptors (Lipinski definition) is 5. The Kier molecular flexibility index (Phi) is 8.30. The number of nitrogens with zero attached hydrogens (tertiary/aromatic N) is 3. The van der Waals surface area contributed by atoms with Crippen LogP contribution in [-0.4, -0.2) is 32.3 Å². The van der Waals surface area contributed by atoms with E-state index < -0.39 is 6.04 Å². The van der Waals surface area contributed by atoms with Gasteiger partial charge in [-0.1, -0.05) is 64.2 Å². The van der Waals surface area contributed by atoms with Crippen LogP contribution in [0.4, 0.5) is 5.69 Å². The van der Waals surface area contributed by atoms with Crippen molar-refractivity contribution in [3.05, 3.63) is 67.9 Å². The number of carbonyl (C=O) groups is 2. The Morgan fingerprint density at radius 1 is 1.06 bits per heavy atom. The fourth-order valence-electron chi connectivity index (χ4n) is 2.73. The van der Waals surface area contributed by atoms with Crippen LogP contribution in [0.5, 0.6) is 0 Å². The molecule has 0 radical (unpaired) electrons. The van der Waals surface area contributed by atoms with Gasteiger partial charge in [-0.25, -0.2) is 0 Å². The predicted octanol–water partition coefficient (Wildman–Crippen LogP) is 5.65. The highest BCUT2D eigenvalue weighted by Gasteiger charge is 2.19. The molecular weight excluding hydrogens is 516 g/mol. The number of amides is 2. The molecule has 2 aromatic carbocycles. The van der Waals surface area contributed by atoms with Crippen molar-refractivity contribution in [2.45, 2.75) is 18.1 Å². The first-order valence-corrected chi connectivity index (χ1v) is 11.7. The van der Waals surface area contributed by atoms with E-state index in [1.165, 1.54) is 17.8 Å². The molecule has 1 aromatic heterocycles. The maximum atomic E-state index is 12.5. The zero-order chi connectivity index (χ0) is 23.4. The summed E-state index contributed by atoms with van der Waals surface area (Å²) in [5, 5.41) is 15.6. The quantitative estimate of drug-likeness (QED) is 0.384. The van der Waals surface area contributed by atoms with Crippen LogP contribution in [0.25, 0.3) is 0 Å². The van der Waals surface area contributed by atoms with Crippen molar-refractivity contribution in [1.29, 1.82) is 0 Å². The molecule has 1 atom stereocenters. The minimum absolute atomic E-state index is 0.0822. The van der Waals surface area contributed by atoms with E-state index in [2.05, 4.69) is 20.8 Å². The highest BCUT2D eigenvalue weighted by molar-refractivity contribution is 7.99. The van der Waals surface area contributed by atoms with Crippen LogP contribution in [0.1, 0.15) is 29.1 Å². The summed E-state index contributed by atoms with van der Waals surface area (Å²) in [5.74, 6) is 0.00804. The van der Waals surface area contributed by atoms with Crippen LogP contribution >= 0.6 is 58.2 Å². The smallest absolute Gasteiger partial charge is 0.251 e. The largest absolute Gasteiger partial charge is 0.342 e. The molecule has 168 valence electrons. The van der Waals surface area contributed by atoms with E-state index in [1.807, 2.05) is 0 Å². The first-order chi connectivity index (χ1) is 15.2. The minimum Gasteiger partial charge on any atom is -0.342 e. The number of anilines is 1. The van der Waals surface area contributed by atoms with Crippen LogP contribution in [0.15, 0.2) is 41.6 Å². The van der Waals surface area contributed by atoms with Gasteiger partial charge in [-0.15, -0.1) is 10.2 Å². The lowest BCUT2D eigenvalue weighted by Crippen LogP contribution is -2.28. The number of hydrogen-bond donors (Lipinski definition) is 2. The molecule has 0 aliphatic carbocycles. The summed E-state index contributed by atoms with van der Waals surface area (Å²) in [6, 6.07) is 9.18. The van der Waals surface area contributed by atoms with Crippen molar-refractivity contribution in [3.8, 4) is 0 Å². The average Bonchev–Trinajstić information content (AvgIpc) is 3.12. The van der Waals surface area contributed by atoms with E-state index in [-0.39, 0.29) is 22.6 Å². The molecule has 0 unspecified atom stereocenters. The Hall–Kier alpha value is -1.97. The SMILES string of the molecule is C[C@@H](NC(=O)c1ccc(Cl)c(Cl)c1)c1nnc(SCC(=O)Nc2cccc(Cl)c2Cl)n1C. The molecule has 0 saturated heterocycles. The zero-order valence-electron chi connectivity index (χ0n) is 16.8. The molecule has 0 saturated carbocycles. The highest BCUT2D eigenvalue weighted by atomic mass is 35.5. The number of thioether (sulfide) groups is 1. The maximum Gasteiger partial charge on any atom is 0.251 e. The Labute approximate surface area is 208 Å². The normalized spacial score (nSPS) is 11.8. The molecule has 0 fully saturated rings. The van der Waals surface area contributed by atoms with Gasteiger partial charge < -0.3 is 15.2 Å². The van der Waals surface area contributed by atoms with Gasteiger partial charge in [-0.2, -0.15) is 0 Å². The predicted molar refractivity (Wildman–Crippen MR) is 129 cm³/mol. The second kappa shape index (κ2) is 10.8. The van der Waals surface area contributed by atoms with Crippen LogP contribution < -0.4 is 10.6 Å². The maximum absolute atomic E-state index is 12.5. The fourth-order valence-corrected chi connectivity index (χ4v) is 4.09. The number of benzene rings is 2. The zero-order valence-corrected chi connectivity index (χ0v) is 20.7. The Morgan fingerprint density at radius 3 is 2.53 bits per heavy atom. The monoisotopic (exact) mass is 531 g/mol. The molecule has 2 amide bonds. The minimum atomic E-state index is -0.442. The number of rotatable bonds is 7. The molecule has 0 spiro atoms. The number of aromatic nitrogens is 3. The van der Waals surface area contributed by atoms with Crippen molar-refractivity contribution in [1.82, 2.24) is 20.1 Å². The van der Waals surface area contributed by atoms with Gasteiger partial charge in [0.15, 0.2) is 11.0 Å². The number of halogens is 4. The van der Waals surface area contributed by atoms with Gasteiger partial charge in [0.25, 0.3) is 5.91 Å². The standard InChI is InChI=1S/C20H17Cl4N5O2S/c1-10(25-19(31)11-6-7-12(21)14(23)8-11)18-27-28-20(29(18)2)32-9-16(30)26-15-5-3-4-13(22)17(15)24/h3-8,10H,9H2,1-2H3,(H,25,31)(H,26,30)/t10-/m1/s1. The lowest BCUT2D eigenvalue weighted by atomic mass is 10.2. The highest BCUT2D eigenvalue weighted by Crippen LogP contribution is 2.30. The summed E-state index contributed by atoms with van der Waals surface area (Å²) in [6.45, 7) is 1.78. The average molecular weight is 533 g/mol. The van der Waals surface area contributed by atoms with Gasteiger partial charge in [0, 0.05) is 12.6 Å². The first-order valence-electron chi connectivity index (χ1n) is 9.19. The Balaban J connectivity index is 1.60. The number of carbonyl (C=O) groups excluding carboxylic acids is 2. The molecule has 7 nitrogen and oxygen atoms in total. The van der Waals surface area contributed by atoms with Crippen LogP contribution in [0, 0.1) is 0 Å². The third-order valence-electron chi connectivity index (χ3n) is 4.34. The van der Waals surface area contributed by atoms with E-state index in [4.69, 9.17) is 46.4 Å². The summed E-state index contributed by atoms with van der Waals surface area (Å²) in [6.07, 6.45) is 0. The topological polar surface area (TPSA) is 88.9 Å². The molecule has 12 heteroatoms. The van der Waals surface area contributed by atoms with E-state index in [0.717, 1.165) is 0 Å². The lowest BCUT2D eigenvalue weighted by molar-refractivity contribution is -0.113. The number of nitrogens with one attached hydrogen (secondary N) is 2. The second-order valence-corrected chi connectivity index (χ2v) is 9.20. The molecule has 3 rings (SSSR count). The molecular formula is C20H17Cl4N5O2S. The molecule has 0 aliphatic heterocycles. The van der Waals surface area contributed by atoms with Crippen LogP contribution in [0.3, 0.4) is 0 Å². The van der Waals surface area contributed by atoms with Crippen molar-refractivity contribution in [3.63, 3.8) is 0 Å². The Morgan fingerprint density at radius 2 is 1.81 bits per heavy atom. The van der Waals surface area contributed by atoms with Crippen molar-refractivity contribution < 1.29 is 9.59 Å². The van der Waals surface area contributed by atoms with Gasteiger partial charge in [-0.3, -0.25) is 9.59 Å². The summed E-state index contributed by atoms with van der Waals surface area (Å²) >= 11 is 25.1. The fraction of sp³-hybridized carbons (Fsp3) is 0.200. The van der Waals surface area contributed by atoms with Gasteiger partial charge in [0.2, 0.25) is 5.91 Å². The summed E-state index contributed by atoms with van der Waals surface area (Å²) in [7, 11) is 1.76. The van der Waals surface area contributed by atoms with Crippen LogP contribution in [-0.2, 0) is 11.8 Å². The van der Waals surface area contributed by atoms with Crippen molar-refractivity contribution >= 4 is 75.7 Å². The summed E-state index contributed by atoms with van der Waals surface area (Å²) in [5.41, 5.74) is 0.807. The molecule has 0 aliphatic rings.